The second-order valence-corrected chi connectivity index (χ2v) is 6.61. The molecule has 2 aromatic heterocycles. The summed E-state index contributed by atoms with van der Waals surface area (Å²) >= 11 is 6.71. The Balaban J connectivity index is 1.71. The van der Waals surface area contributed by atoms with Crippen LogP contribution in [0.2, 0.25) is 0 Å². The van der Waals surface area contributed by atoms with Gasteiger partial charge >= 0.3 is 0 Å². The highest BCUT2D eigenvalue weighted by molar-refractivity contribution is 8.23. The molecule has 0 saturated carbocycles. The van der Waals surface area contributed by atoms with E-state index < -0.39 is 0 Å². The van der Waals surface area contributed by atoms with Crippen molar-refractivity contribution in [1.82, 2.24) is 15.3 Å². The van der Waals surface area contributed by atoms with Crippen LogP contribution in [-0.2, 0) is 6.42 Å². The van der Waals surface area contributed by atoms with E-state index in [4.69, 9.17) is 18.1 Å². The molecule has 0 aliphatic rings. The summed E-state index contributed by atoms with van der Waals surface area (Å²) in [4.78, 5) is 19.5. The van der Waals surface area contributed by atoms with Gasteiger partial charge in [0.15, 0.2) is 5.78 Å². The quantitative estimate of drug-likeness (QED) is 0.255. The Labute approximate surface area is 150 Å². The van der Waals surface area contributed by atoms with Gasteiger partial charge in [0, 0.05) is 31.8 Å². The number of anilines is 1. The Morgan fingerprint density at radius 3 is 2.79 bits per heavy atom. The monoisotopic (exact) mass is 361 g/mol. The van der Waals surface area contributed by atoms with E-state index in [1.54, 1.807) is 24.5 Å². The Kier molecular flexibility index (Phi) is 7.10. The van der Waals surface area contributed by atoms with Gasteiger partial charge < -0.3 is 5.32 Å². The van der Waals surface area contributed by atoms with E-state index in [0.717, 1.165) is 24.3 Å². The lowest BCUT2D eigenvalue weighted by Gasteiger charge is -2.18. The zero-order valence-corrected chi connectivity index (χ0v) is 14.9. The van der Waals surface area contributed by atoms with Crippen molar-refractivity contribution in [3.8, 4) is 0 Å². The molecule has 24 heavy (non-hydrogen) atoms. The van der Waals surface area contributed by atoms with E-state index in [-0.39, 0.29) is 5.78 Å². The molecule has 0 bridgehead atoms. The number of thiocarbonyl (C=S) groups is 1. The third-order valence-electron chi connectivity index (χ3n) is 3.15. The summed E-state index contributed by atoms with van der Waals surface area (Å²) in [5, 5.41) is 4.71. The Hall–Kier alpha value is -2.03. The number of nitrogens with two attached hydrogens (primary N) is 1. The van der Waals surface area contributed by atoms with E-state index >= 15 is 0 Å². The average molecular weight is 361 g/mol. The van der Waals surface area contributed by atoms with Crippen molar-refractivity contribution >= 4 is 39.8 Å². The molecule has 6 nitrogen and oxygen atoms in total. The lowest BCUT2D eigenvalue weighted by atomic mass is 10.2. The van der Waals surface area contributed by atoms with Crippen LogP contribution in [0.3, 0.4) is 0 Å². The highest BCUT2D eigenvalue weighted by Crippen LogP contribution is 2.14. The van der Waals surface area contributed by atoms with Crippen LogP contribution in [0.4, 0.5) is 5.69 Å². The number of pyridine rings is 2. The van der Waals surface area contributed by atoms with Gasteiger partial charge in [-0.15, -0.1) is 0 Å². The zero-order valence-electron chi connectivity index (χ0n) is 13.3. The number of nitrogens with zero attached hydrogens (tertiary/aromatic N) is 3. The Morgan fingerprint density at radius 2 is 2.17 bits per heavy atom. The largest absolute Gasteiger partial charge is 0.371 e. The van der Waals surface area contributed by atoms with Crippen LogP contribution >= 0.6 is 24.0 Å². The number of ketones is 1. The first-order valence-electron chi connectivity index (χ1n) is 7.36. The second-order valence-electron chi connectivity index (χ2n) is 4.99. The summed E-state index contributed by atoms with van der Waals surface area (Å²) in [6.45, 7) is 2.20. The van der Waals surface area contributed by atoms with Crippen LogP contribution in [0.25, 0.3) is 0 Å². The fourth-order valence-corrected chi connectivity index (χ4v) is 2.73. The molecule has 0 spiro atoms. The molecule has 0 unspecified atom stereocenters. The normalized spacial score (nSPS) is 10.2. The van der Waals surface area contributed by atoms with Gasteiger partial charge in [0.2, 0.25) is 0 Å². The van der Waals surface area contributed by atoms with Crippen molar-refractivity contribution in [3.05, 3.63) is 54.1 Å². The average Bonchev–Trinajstić information content (AvgIpc) is 2.60. The van der Waals surface area contributed by atoms with E-state index in [2.05, 4.69) is 15.3 Å². The molecule has 0 aromatic carbocycles. The Morgan fingerprint density at radius 1 is 1.33 bits per heavy atom. The number of thioether (sulfide) groups is 1. The van der Waals surface area contributed by atoms with Gasteiger partial charge in [-0.3, -0.25) is 19.8 Å². The number of Topliss-reactive ketones (excluding diaryl/α,β-unsaturated/α-hetero) is 1. The van der Waals surface area contributed by atoms with Gasteiger partial charge in [-0.2, -0.15) is 0 Å². The number of carbonyl (C=O) groups excluding carboxylic acids is 1. The second kappa shape index (κ2) is 9.31. The lowest BCUT2D eigenvalue weighted by Crippen LogP contribution is -2.32. The van der Waals surface area contributed by atoms with Crippen LogP contribution in [0.5, 0.6) is 0 Å². The standard InChI is InChI=1S/C16H19N5OS2/c1-12(22)15-6-5-14(10-20-15)21(17)11-24-16(23)19-9-7-13-4-2-3-8-18-13/h2-6,8,10H,7,9,11,17H2,1H3,(H,19,23). The first-order valence-corrected chi connectivity index (χ1v) is 8.75. The molecule has 0 fully saturated rings. The molecule has 0 atom stereocenters. The zero-order chi connectivity index (χ0) is 17.4. The van der Waals surface area contributed by atoms with Crippen LogP contribution < -0.4 is 16.2 Å². The van der Waals surface area contributed by atoms with Crippen molar-refractivity contribution in [2.24, 2.45) is 5.84 Å². The molecular formula is C16H19N5OS2. The van der Waals surface area contributed by atoms with Crippen LogP contribution in [0, 0.1) is 0 Å². The molecule has 0 aliphatic carbocycles. The highest BCUT2D eigenvalue weighted by Gasteiger charge is 2.06. The van der Waals surface area contributed by atoms with E-state index in [9.17, 15) is 4.79 Å². The first-order chi connectivity index (χ1) is 11.6. The van der Waals surface area contributed by atoms with Crippen LogP contribution in [0.15, 0.2) is 42.7 Å². The minimum Gasteiger partial charge on any atom is -0.371 e. The van der Waals surface area contributed by atoms with E-state index in [0.29, 0.717) is 15.9 Å². The van der Waals surface area contributed by atoms with Crippen LogP contribution in [0.1, 0.15) is 23.1 Å². The third-order valence-corrected chi connectivity index (χ3v) is 4.46. The molecule has 3 N–H and O–H groups in total. The number of aromatic nitrogens is 2. The maximum atomic E-state index is 11.2. The van der Waals surface area contributed by atoms with Gasteiger partial charge in [0.1, 0.15) is 10.0 Å². The summed E-state index contributed by atoms with van der Waals surface area (Å²) in [5.74, 6) is 6.39. The van der Waals surface area contributed by atoms with Gasteiger partial charge in [-0.1, -0.05) is 30.0 Å². The van der Waals surface area contributed by atoms with Crippen molar-refractivity contribution < 1.29 is 4.79 Å². The maximum absolute atomic E-state index is 11.2. The molecule has 2 aromatic rings. The van der Waals surface area contributed by atoms with Crippen molar-refractivity contribution in [1.29, 1.82) is 0 Å². The topological polar surface area (TPSA) is 84.1 Å². The van der Waals surface area contributed by atoms with Crippen molar-refractivity contribution in [2.75, 3.05) is 17.4 Å². The van der Waals surface area contributed by atoms with Gasteiger partial charge in [0.25, 0.3) is 0 Å². The van der Waals surface area contributed by atoms with Crippen molar-refractivity contribution in [2.45, 2.75) is 13.3 Å². The number of carbonyl (C=O) groups is 1. The summed E-state index contributed by atoms with van der Waals surface area (Å²) in [5.41, 5.74) is 2.17. The van der Waals surface area contributed by atoms with E-state index in [1.165, 1.54) is 23.7 Å². The number of hydrazine groups is 1. The number of hydrogen-bond donors (Lipinski definition) is 2. The summed E-state index contributed by atoms with van der Waals surface area (Å²) in [6, 6.07) is 9.27. The highest BCUT2D eigenvalue weighted by atomic mass is 32.2. The lowest BCUT2D eigenvalue weighted by molar-refractivity contribution is 0.101. The van der Waals surface area contributed by atoms with Gasteiger partial charge in [0.05, 0.1) is 17.8 Å². The van der Waals surface area contributed by atoms with E-state index in [1.807, 2.05) is 18.2 Å². The molecule has 2 rings (SSSR count). The molecular weight excluding hydrogens is 342 g/mol. The molecule has 2 heterocycles. The summed E-state index contributed by atoms with van der Waals surface area (Å²) in [7, 11) is 0. The summed E-state index contributed by atoms with van der Waals surface area (Å²) in [6.07, 6.45) is 4.17. The first kappa shape index (κ1) is 18.3. The Bertz CT molecular complexity index is 679. The third kappa shape index (κ3) is 5.88. The van der Waals surface area contributed by atoms with Crippen LogP contribution in [-0.4, -0.2) is 32.5 Å². The minimum absolute atomic E-state index is 0.0715. The summed E-state index contributed by atoms with van der Waals surface area (Å²) < 4.78 is 0.676. The SMILES string of the molecule is CC(=O)c1ccc(N(N)CSC(=S)NCCc2ccccn2)cn1. The fraction of sp³-hybridized carbons (Fsp3) is 0.250. The predicted molar refractivity (Wildman–Crippen MR) is 102 cm³/mol. The molecule has 0 radical (unpaired) electrons. The molecule has 0 aliphatic heterocycles. The predicted octanol–water partition coefficient (Wildman–Crippen LogP) is 2.17. The number of hydrogen-bond acceptors (Lipinski definition) is 7. The molecule has 0 saturated heterocycles. The maximum Gasteiger partial charge on any atom is 0.178 e. The van der Waals surface area contributed by atoms with Crippen molar-refractivity contribution in [3.63, 3.8) is 0 Å². The smallest absolute Gasteiger partial charge is 0.178 e. The number of nitrogens with one attached hydrogen (secondary N) is 1. The molecule has 0 amide bonds. The van der Waals surface area contributed by atoms with Gasteiger partial charge in [-0.05, 0) is 24.3 Å². The van der Waals surface area contributed by atoms with Gasteiger partial charge in [-0.25, -0.2) is 5.84 Å². The molecule has 8 heteroatoms. The minimum atomic E-state index is -0.0715. The fourth-order valence-electron chi connectivity index (χ4n) is 1.86. The number of rotatable bonds is 7. The molecule has 126 valence electrons.